The fraction of sp³-hybridized carbons (Fsp3) is 0.917. The summed E-state index contributed by atoms with van der Waals surface area (Å²) >= 11 is 0. The topological polar surface area (TPSA) is 102 Å². The van der Waals surface area contributed by atoms with E-state index >= 15 is 0 Å². The van der Waals surface area contributed by atoms with Crippen LogP contribution >= 0.6 is 0 Å². The minimum Gasteiger partial charge on any atom is -0.862 e. The fourth-order valence-corrected chi connectivity index (χ4v) is 3.52. The van der Waals surface area contributed by atoms with Gasteiger partial charge in [-0.1, -0.05) is 96.8 Å². The molecule has 0 bridgehead atoms. The molecule has 0 rings (SSSR count). The van der Waals surface area contributed by atoms with E-state index in [4.69, 9.17) is 5.73 Å². The van der Waals surface area contributed by atoms with Gasteiger partial charge < -0.3 is 25.7 Å². The van der Waals surface area contributed by atoms with E-state index in [1.54, 1.807) is 0 Å². The average Bonchev–Trinajstić information content (AvgIpc) is 2.70. The summed E-state index contributed by atoms with van der Waals surface area (Å²) in [5.41, 5.74) is 5.37. The number of nitrogens with two attached hydrogens (primary N) is 1. The molecule has 0 aromatic rings. The standard InChI is InChI=1S/C24H48N2O3.Zn/c1-2-3-4-5-6-7-8-9-10-11-12-13-14-15-16-20-23(27)26-21-18-17-19-22(25)24(28)29;/h22H,2-21,25H2,1H3,(H,26,27)(H,28,29);/q;+2/p-2/t22-;/m0./s1. The molecule has 0 aliphatic carbocycles. The molecule has 0 fully saturated rings. The van der Waals surface area contributed by atoms with Gasteiger partial charge >= 0.3 is 19.5 Å². The first-order chi connectivity index (χ1) is 14.1. The number of carboxylic acid groups (broad SMARTS) is 1. The summed E-state index contributed by atoms with van der Waals surface area (Å²) in [7, 11) is 0. The zero-order chi connectivity index (χ0) is 21.6. The molecule has 0 saturated carbocycles. The van der Waals surface area contributed by atoms with E-state index in [1.807, 2.05) is 0 Å². The second kappa shape index (κ2) is 24.8. The molecule has 172 valence electrons. The van der Waals surface area contributed by atoms with Crippen LogP contribution in [-0.2, 0) is 24.3 Å². The molecule has 0 aliphatic heterocycles. The molecule has 0 unspecified atom stereocenters. The van der Waals surface area contributed by atoms with Crippen molar-refractivity contribution in [2.75, 3.05) is 6.54 Å². The second-order valence-corrected chi connectivity index (χ2v) is 8.40. The van der Waals surface area contributed by atoms with Gasteiger partial charge in [0.1, 0.15) is 0 Å². The summed E-state index contributed by atoms with van der Waals surface area (Å²) in [6.45, 7) is 2.74. The Morgan fingerprint density at radius 1 is 0.733 bits per heavy atom. The largest absolute Gasteiger partial charge is 2.00 e. The van der Waals surface area contributed by atoms with Crippen LogP contribution in [0.2, 0.25) is 0 Å². The van der Waals surface area contributed by atoms with Gasteiger partial charge in [-0.05, 0) is 38.0 Å². The Balaban J connectivity index is 0. The monoisotopic (exact) mass is 474 g/mol. The van der Waals surface area contributed by atoms with Crippen LogP contribution in [0.1, 0.15) is 129 Å². The van der Waals surface area contributed by atoms with Gasteiger partial charge in [-0.25, -0.2) is 0 Å². The molecule has 30 heavy (non-hydrogen) atoms. The summed E-state index contributed by atoms with van der Waals surface area (Å²) < 4.78 is 0. The maximum atomic E-state index is 11.7. The Morgan fingerprint density at radius 2 is 1.17 bits per heavy atom. The summed E-state index contributed by atoms with van der Waals surface area (Å²) in [4.78, 5) is 14.5. The number of carbonyl (C=O) groups excluding carboxylic acids is 1. The summed E-state index contributed by atoms with van der Waals surface area (Å²) in [5.74, 6) is -1.24. The number of unbranched alkanes of at least 4 members (excludes halogenated alkanes) is 15. The molecule has 0 aromatic carbocycles. The molecule has 2 N–H and O–H groups in total. The van der Waals surface area contributed by atoms with Gasteiger partial charge in [0, 0.05) is 12.6 Å². The first kappa shape index (κ1) is 31.7. The van der Waals surface area contributed by atoms with Crippen molar-refractivity contribution >= 4 is 11.9 Å². The van der Waals surface area contributed by atoms with Crippen molar-refractivity contribution in [3.63, 3.8) is 0 Å². The smallest absolute Gasteiger partial charge is 0.862 e. The van der Waals surface area contributed by atoms with Crippen molar-refractivity contribution in [3.05, 3.63) is 0 Å². The normalized spacial score (nSPS) is 12.5. The third kappa shape index (κ3) is 23.8. The second-order valence-electron chi connectivity index (χ2n) is 8.40. The zero-order valence-electron chi connectivity index (χ0n) is 19.7. The molecule has 0 amide bonds. The Labute approximate surface area is 198 Å². The predicted octanol–water partition coefficient (Wildman–Crippen LogP) is 4.25. The molecule has 1 atom stereocenters. The molecule has 0 radical (unpaired) electrons. The fourth-order valence-electron chi connectivity index (χ4n) is 3.52. The Bertz CT molecular complexity index is 406. The number of nitrogens with zero attached hydrogens (tertiary/aromatic N) is 1. The number of carbonyl (C=O) groups is 1. The van der Waals surface area contributed by atoms with Crippen molar-refractivity contribution in [1.29, 1.82) is 0 Å². The SMILES string of the molecule is CCCCCCCCCCCCCCCCCC([O-])=NCCCC[C@H](N)C(=O)[O-].[Zn+2]. The van der Waals surface area contributed by atoms with Crippen LogP contribution < -0.4 is 15.9 Å². The summed E-state index contributed by atoms with van der Waals surface area (Å²) in [5, 5.41) is 22.2. The van der Waals surface area contributed by atoms with Crippen LogP contribution in [-0.4, -0.2) is 24.5 Å². The molecule has 0 spiro atoms. The number of hydrogen-bond donors (Lipinski definition) is 1. The van der Waals surface area contributed by atoms with Crippen LogP contribution in [0.25, 0.3) is 0 Å². The van der Waals surface area contributed by atoms with E-state index in [9.17, 15) is 15.0 Å². The van der Waals surface area contributed by atoms with Crippen molar-refractivity contribution in [1.82, 2.24) is 0 Å². The Kier molecular flexibility index (Phi) is 26.2. The van der Waals surface area contributed by atoms with E-state index in [1.165, 1.54) is 83.5 Å². The molecule has 6 heteroatoms. The number of hydrogen-bond acceptors (Lipinski definition) is 5. The van der Waals surface area contributed by atoms with Gasteiger partial charge in [-0.3, -0.25) is 0 Å². The molecular weight excluding hydrogens is 430 g/mol. The maximum Gasteiger partial charge on any atom is 2.00 e. The number of rotatable bonds is 22. The van der Waals surface area contributed by atoms with Crippen LogP contribution in [0.3, 0.4) is 0 Å². The van der Waals surface area contributed by atoms with Gasteiger partial charge in [0.2, 0.25) is 0 Å². The number of carboxylic acids is 1. The van der Waals surface area contributed by atoms with Crippen molar-refractivity contribution < 1.29 is 34.5 Å². The minimum absolute atomic E-state index is 0. The van der Waals surface area contributed by atoms with E-state index in [0.29, 0.717) is 32.2 Å². The minimum atomic E-state index is -1.22. The molecule has 0 heterocycles. The van der Waals surface area contributed by atoms with Crippen molar-refractivity contribution in [2.24, 2.45) is 10.7 Å². The predicted molar refractivity (Wildman–Crippen MR) is 119 cm³/mol. The van der Waals surface area contributed by atoms with Crippen LogP contribution in [0.4, 0.5) is 0 Å². The Morgan fingerprint density at radius 3 is 1.60 bits per heavy atom. The van der Waals surface area contributed by atoms with E-state index in [2.05, 4.69) is 11.9 Å². The van der Waals surface area contributed by atoms with Crippen molar-refractivity contribution in [3.8, 4) is 0 Å². The van der Waals surface area contributed by atoms with E-state index in [0.717, 1.165) is 12.8 Å². The van der Waals surface area contributed by atoms with Crippen LogP contribution in [0.5, 0.6) is 0 Å². The summed E-state index contributed by atoms with van der Waals surface area (Å²) in [6.07, 6.45) is 22.0. The van der Waals surface area contributed by atoms with Crippen molar-refractivity contribution in [2.45, 2.75) is 135 Å². The molecule has 5 nitrogen and oxygen atoms in total. The number of aliphatic imine (C=N–C) groups is 1. The maximum absolute atomic E-state index is 11.7. The average molecular weight is 476 g/mol. The zero-order valence-corrected chi connectivity index (χ0v) is 22.6. The first-order valence-corrected chi connectivity index (χ1v) is 12.2. The third-order valence-corrected chi connectivity index (χ3v) is 5.51. The molecule has 0 aliphatic rings. The molecular formula is C24H46N2O3Zn. The van der Waals surface area contributed by atoms with Gasteiger partial charge in [0.25, 0.3) is 0 Å². The number of aliphatic carboxylic acids is 1. The van der Waals surface area contributed by atoms with E-state index in [-0.39, 0.29) is 25.4 Å². The third-order valence-electron chi connectivity index (χ3n) is 5.51. The van der Waals surface area contributed by atoms with Gasteiger partial charge in [-0.15, -0.1) is 0 Å². The quantitative estimate of drug-likeness (QED) is 0.109. The van der Waals surface area contributed by atoms with Gasteiger partial charge in [0.05, 0.1) is 5.97 Å². The molecule has 0 aromatic heterocycles. The summed E-state index contributed by atoms with van der Waals surface area (Å²) in [6, 6.07) is -0.911. The first-order valence-electron chi connectivity index (χ1n) is 12.2. The van der Waals surface area contributed by atoms with Crippen LogP contribution in [0, 0.1) is 0 Å². The molecule has 0 saturated heterocycles. The Hall–Kier alpha value is -0.477. The van der Waals surface area contributed by atoms with Gasteiger partial charge in [-0.2, -0.15) is 0 Å². The van der Waals surface area contributed by atoms with Gasteiger partial charge in [0.15, 0.2) is 0 Å². The van der Waals surface area contributed by atoms with Crippen LogP contribution in [0.15, 0.2) is 4.99 Å². The van der Waals surface area contributed by atoms with E-state index < -0.39 is 12.0 Å².